The maximum Gasteiger partial charge on any atom is 0.251 e. The van der Waals surface area contributed by atoms with E-state index in [1.807, 2.05) is 0 Å². The highest BCUT2D eigenvalue weighted by Gasteiger charge is 2.30. The summed E-state index contributed by atoms with van der Waals surface area (Å²) in [5.74, 6) is 0.105. The van der Waals surface area contributed by atoms with Gasteiger partial charge in [0.1, 0.15) is 0 Å². The molecule has 0 aliphatic carbocycles. The molecule has 2 N–H and O–H groups in total. The lowest BCUT2D eigenvalue weighted by Gasteiger charge is -2.38. The largest absolute Gasteiger partial charge is 0.394 e. The number of nitrogens with one attached hydrogen (secondary N) is 1. The lowest BCUT2D eigenvalue weighted by atomic mass is 9.91. The molecule has 124 valence electrons. The minimum absolute atomic E-state index is 0.00156. The average Bonchev–Trinajstić information content (AvgIpc) is 2.59. The Morgan fingerprint density at radius 2 is 2.04 bits per heavy atom. The van der Waals surface area contributed by atoms with Crippen LogP contribution >= 0.6 is 0 Å². The van der Waals surface area contributed by atoms with Gasteiger partial charge in [-0.15, -0.1) is 0 Å². The number of carbonyl (C=O) groups excluding carboxylic acids is 2. The second kappa shape index (κ2) is 7.92. The zero-order chi connectivity index (χ0) is 16.8. The van der Waals surface area contributed by atoms with Crippen molar-refractivity contribution in [2.45, 2.75) is 25.8 Å². The number of benzene rings is 1. The van der Waals surface area contributed by atoms with Crippen LogP contribution in [0.3, 0.4) is 0 Å². The van der Waals surface area contributed by atoms with E-state index in [9.17, 15) is 14.7 Å². The first-order valence-corrected chi connectivity index (χ1v) is 7.98. The number of rotatable bonds is 4. The summed E-state index contributed by atoms with van der Waals surface area (Å²) < 4.78 is 0. The minimum Gasteiger partial charge on any atom is -0.394 e. The molecule has 1 saturated heterocycles. The molecule has 0 spiro atoms. The van der Waals surface area contributed by atoms with Crippen LogP contribution in [0.2, 0.25) is 0 Å². The summed E-state index contributed by atoms with van der Waals surface area (Å²) >= 11 is 0. The standard InChI is InChI=1S/C18H24N2O3/c1-13-4-3-11-20(16(13)12-21)17(22)10-7-14-5-8-15(9-6-14)18(23)19-2/h5-10,13,16,21H,3-4,11-12H2,1-2H3,(H,19,23)/b10-7+. The van der Waals surface area contributed by atoms with Gasteiger partial charge in [0.05, 0.1) is 12.6 Å². The monoisotopic (exact) mass is 316 g/mol. The van der Waals surface area contributed by atoms with Crippen LogP contribution in [0.25, 0.3) is 6.08 Å². The van der Waals surface area contributed by atoms with Crippen molar-refractivity contribution in [3.8, 4) is 0 Å². The van der Waals surface area contributed by atoms with Gasteiger partial charge in [0, 0.05) is 25.2 Å². The Hall–Kier alpha value is -2.14. The lowest BCUT2D eigenvalue weighted by molar-refractivity contribution is -0.132. The van der Waals surface area contributed by atoms with Crippen molar-refractivity contribution < 1.29 is 14.7 Å². The molecular weight excluding hydrogens is 292 g/mol. The number of amides is 2. The van der Waals surface area contributed by atoms with Crippen LogP contribution in [0, 0.1) is 5.92 Å². The second-order valence-corrected chi connectivity index (χ2v) is 5.94. The van der Waals surface area contributed by atoms with Crippen molar-refractivity contribution in [1.29, 1.82) is 0 Å². The zero-order valence-electron chi connectivity index (χ0n) is 13.7. The third kappa shape index (κ3) is 4.20. The number of aliphatic hydroxyl groups is 1. The summed E-state index contributed by atoms with van der Waals surface area (Å²) in [7, 11) is 1.59. The summed E-state index contributed by atoms with van der Waals surface area (Å²) in [5.41, 5.74) is 1.44. The fourth-order valence-corrected chi connectivity index (χ4v) is 2.95. The third-order valence-corrected chi connectivity index (χ3v) is 4.40. The van der Waals surface area contributed by atoms with Crippen molar-refractivity contribution in [3.05, 3.63) is 41.5 Å². The summed E-state index contributed by atoms with van der Waals surface area (Å²) in [5, 5.41) is 12.1. The summed E-state index contributed by atoms with van der Waals surface area (Å²) in [6.45, 7) is 2.76. The van der Waals surface area contributed by atoms with Gasteiger partial charge in [0.15, 0.2) is 0 Å². The van der Waals surface area contributed by atoms with E-state index < -0.39 is 0 Å². The van der Waals surface area contributed by atoms with E-state index in [4.69, 9.17) is 0 Å². The number of nitrogens with zero attached hydrogens (tertiary/aromatic N) is 1. The quantitative estimate of drug-likeness (QED) is 0.830. The van der Waals surface area contributed by atoms with Crippen molar-refractivity contribution in [1.82, 2.24) is 10.2 Å². The molecule has 2 amide bonds. The fourth-order valence-electron chi connectivity index (χ4n) is 2.95. The van der Waals surface area contributed by atoms with Crippen LogP contribution in [0.4, 0.5) is 0 Å². The van der Waals surface area contributed by atoms with Gasteiger partial charge >= 0.3 is 0 Å². The van der Waals surface area contributed by atoms with Crippen LogP contribution in [0.1, 0.15) is 35.7 Å². The molecule has 2 unspecified atom stereocenters. The molecule has 0 saturated carbocycles. The van der Waals surface area contributed by atoms with Gasteiger partial charge in [0.25, 0.3) is 5.91 Å². The topological polar surface area (TPSA) is 69.6 Å². The first kappa shape index (κ1) is 17.2. The maximum absolute atomic E-state index is 12.4. The van der Waals surface area contributed by atoms with Crippen LogP contribution < -0.4 is 5.32 Å². The van der Waals surface area contributed by atoms with Gasteiger partial charge in [-0.3, -0.25) is 9.59 Å². The molecule has 0 radical (unpaired) electrons. The minimum atomic E-state index is -0.135. The van der Waals surface area contributed by atoms with Gasteiger partial charge in [-0.05, 0) is 42.5 Å². The van der Waals surface area contributed by atoms with E-state index in [0.29, 0.717) is 18.0 Å². The Kier molecular flexibility index (Phi) is 5.93. The Morgan fingerprint density at radius 1 is 1.35 bits per heavy atom. The Morgan fingerprint density at radius 3 is 2.65 bits per heavy atom. The number of likely N-dealkylation sites (tertiary alicyclic amines) is 1. The molecular formula is C18H24N2O3. The van der Waals surface area contributed by atoms with Gasteiger partial charge in [-0.1, -0.05) is 19.1 Å². The van der Waals surface area contributed by atoms with E-state index >= 15 is 0 Å². The van der Waals surface area contributed by atoms with E-state index in [-0.39, 0.29) is 24.5 Å². The molecule has 1 heterocycles. The number of piperidine rings is 1. The Bertz CT molecular complexity index is 580. The van der Waals surface area contributed by atoms with Gasteiger partial charge in [0.2, 0.25) is 5.91 Å². The molecule has 1 aromatic carbocycles. The molecule has 1 fully saturated rings. The fraction of sp³-hybridized carbons (Fsp3) is 0.444. The molecule has 5 heteroatoms. The van der Waals surface area contributed by atoms with E-state index in [0.717, 1.165) is 18.4 Å². The first-order valence-electron chi connectivity index (χ1n) is 7.98. The molecule has 23 heavy (non-hydrogen) atoms. The number of hydrogen-bond acceptors (Lipinski definition) is 3. The average molecular weight is 316 g/mol. The number of hydrogen-bond donors (Lipinski definition) is 2. The third-order valence-electron chi connectivity index (χ3n) is 4.40. The second-order valence-electron chi connectivity index (χ2n) is 5.94. The van der Waals surface area contributed by atoms with Crippen molar-refractivity contribution in [2.75, 3.05) is 20.2 Å². The van der Waals surface area contributed by atoms with Crippen LogP contribution in [-0.4, -0.2) is 48.1 Å². The lowest BCUT2D eigenvalue weighted by Crippen LogP contribution is -2.49. The van der Waals surface area contributed by atoms with E-state index in [2.05, 4.69) is 12.2 Å². The first-order chi connectivity index (χ1) is 11.1. The summed E-state index contributed by atoms with van der Waals surface area (Å²) in [6.07, 6.45) is 5.29. The van der Waals surface area contributed by atoms with Gasteiger partial charge in [-0.2, -0.15) is 0 Å². The maximum atomic E-state index is 12.4. The van der Waals surface area contributed by atoms with Crippen molar-refractivity contribution in [2.24, 2.45) is 5.92 Å². The van der Waals surface area contributed by atoms with Gasteiger partial charge in [-0.25, -0.2) is 0 Å². The normalized spacial score (nSPS) is 21.4. The predicted molar refractivity (Wildman–Crippen MR) is 89.9 cm³/mol. The van der Waals surface area contributed by atoms with Crippen molar-refractivity contribution in [3.63, 3.8) is 0 Å². The molecule has 2 rings (SSSR count). The molecule has 1 aromatic rings. The highest BCUT2D eigenvalue weighted by molar-refractivity contribution is 5.95. The van der Waals surface area contributed by atoms with E-state index in [1.54, 1.807) is 42.3 Å². The van der Waals surface area contributed by atoms with Crippen LogP contribution in [-0.2, 0) is 4.79 Å². The smallest absolute Gasteiger partial charge is 0.251 e. The van der Waals surface area contributed by atoms with Crippen LogP contribution in [0.15, 0.2) is 30.3 Å². The molecule has 2 atom stereocenters. The summed E-state index contributed by atoms with van der Waals surface area (Å²) in [4.78, 5) is 25.6. The highest BCUT2D eigenvalue weighted by atomic mass is 16.3. The predicted octanol–water partition coefficient (Wildman–Crippen LogP) is 1.68. The molecule has 0 aromatic heterocycles. The molecule has 1 aliphatic rings. The van der Waals surface area contributed by atoms with Gasteiger partial charge < -0.3 is 15.3 Å². The SMILES string of the molecule is CNC(=O)c1ccc(/C=C/C(=O)N2CCCC(C)C2CO)cc1. The number of carbonyl (C=O) groups is 2. The van der Waals surface area contributed by atoms with Crippen molar-refractivity contribution >= 4 is 17.9 Å². The number of aliphatic hydroxyl groups excluding tert-OH is 1. The summed E-state index contributed by atoms with van der Waals surface area (Å²) in [6, 6.07) is 6.95. The zero-order valence-corrected chi connectivity index (χ0v) is 13.7. The van der Waals surface area contributed by atoms with Crippen LogP contribution in [0.5, 0.6) is 0 Å². The Balaban J connectivity index is 2.04. The van der Waals surface area contributed by atoms with E-state index in [1.165, 1.54) is 6.08 Å². The molecule has 1 aliphatic heterocycles. The molecule has 0 bridgehead atoms. The highest BCUT2D eigenvalue weighted by Crippen LogP contribution is 2.23. The Labute approximate surface area is 137 Å². The molecule has 5 nitrogen and oxygen atoms in total.